The van der Waals surface area contributed by atoms with E-state index in [4.69, 9.17) is 14.2 Å². The van der Waals surface area contributed by atoms with E-state index in [-0.39, 0.29) is 18.2 Å². The second-order valence-electron chi connectivity index (χ2n) is 6.32. The van der Waals surface area contributed by atoms with Crippen molar-refractivity contribution < 1.29 is 19.3 Å². The van der Waals surface area contributed by atoms with Gasteiger partial charge in [0.15, 0.2) is 17.6 Å². The molecule has 0 unspecified atom stereocenters. The largest absolute Gasteiger partial charge is 0.486 e. The number of fused-ring (bicyclic) bond motifs is 1. The van der Waals surface area contributed by atoms with Gasteiger partial charge < -0.3 is 24.6 Å². The molecule has 5 nitrogen and oxygen atoms in total. The maximum atomic E-state index is 9.84. The average Bonchev–Trinajstić information content (AvgIpc) is 2.44. The Balaban J connectivity index is 1.66. The number of hydrogen-bond acceptors (Lipinski definition) is 5. The Morgan fingerprint density at radius 1 is 1.33 bits per heavy atom. The third kappa shape index (κ3) is 5.53. The molecule has 1 aliphatic rings. The molecule has 1 aromatic carbocycles. The molecule has 0 saturated carbocycles. The molecule has 2 rings (SSSR count). The molecule has 0 aromatic heterocycles. The third-order valence-electron chi connectivity index (χ3n) is 3.05. The fourth-order valence-corrected chi connectivity index (χ4v) is 1.96. The summed E-state index contributed by atoms with van der Waals surface area (Å²) in [5.41, 5.74) is -0.00892. The summed E-state index contributed by atoms with van der Waals surface area (Å²) in [6.07, 6.45) is -0.663. The van der Waals surface area contributed by atoms with Gasteiger partial charge in [0.05, 0.1) is 19.3 Å². The van der Waals surface area contributed by atoms with E-state index in [9.17, 15) is 5.11 Å². The van der Waals surface area contributed by atoms with Crippen LogP contribution in [0.2, 0.25) is 0 Å². The molecule has 5 heteroatoms. The number of aliphatic hydroxyl groups excluding tert-OH is 1. The lowest BCUT2D eigenvalue weighted by Gasteiger charge is -2.27. The summed E-state index contributed by atoms with van der Waals surface area (Å²) in [7, 11) is 0. The van der Waals surface area contributed by atoms with Crippen molar-refractivity contribution in [1.29, 1.82) is 0 Å². The summed E-state index contributed by atoms with van der Waals surface area (Å²) in [6.45, 7) is 7.84. The predicted octanol–water partition coefficient (Wildman–Crippen LogP) is 1.59. The van der Waals surface area contributed by atoms with E-state index < -0.39 is 6.10 Å². The molecule has 0 aliphatic carbocycles. The van der Waals surface area contributed by atoms with Crippen LogP contribution in [0.1, 0.15) is 20.8 Å². The normalized spacial score (nSPS) is 19.3. The van der Waals surface area contributed by atoms with Gasteiger partial charge in [0.25, 0.3) is 0 Å². The minimum absolute atomic E-state index is 0.00892. The van der Waals surface area contributed by atoms with Crippen LogP contribution in [0.15, 0.2) is 24.3 Å². The molecular weight excluding hydrogens is 270 g/mol. The van der Waals surface area contributed by atoms with Gasteiger partial charge in [-0.15, -0.1) is 0 Å². The molecule has 0 spiro atoms. The van der Waals surface area contributed by atoms with Crippen LogP contribution in [0, 0.1) is 0 Å². The first-order chi connectivity index (χ1) is 9.94. The van der Waals surface area contributed by atoms with Crippen LogP contribution in [0.25, 0.3) is 0 Å². The Bertz CT molecular complexity index is 444. The predicted molar refractivity (Wildman–Crippen MR) is 80.9 cm³/mol. The number of benzene rings is 1. The lowest BCUT2D eigenvalue weighted by Crippen LogP contribution is -2.42. The molecule has 2 N–H and O–H groups in total. The second kappa shape index (κ2) is 7.11. The van der Waals surface area contributed by atoms with Gasteiger partial charge in [-0.1, -0.05) is 12.1 Å². The summed E-state index contributed by atoms with van der Waals surface area (Å²) in [5, 5.41) is 13.1. The molecule has 2 atom stereocenters. The number of nitrogens with one attached hydrogen (secondary N) is 1. The molecule has 1 aromatic rings. The molecule has 0 amide bonds. The van der Waals surface area contributed by atoms with Crippen LogP contribution in [-0.4, -0.2) is 49.2 Å². The standard InChI is InChI=1S/C16H25NO4/c1-16(2,3)17-8-12(18)9-19-10-13-11-20-14-6-4-5-7-15(14)21-13/h4-7,12-13,17-18H,8-11H2,1-3H3/t12-,13-/m0/s1. The molecule has 0 saturated heterocycles. The highest BCUT2D eigenvalue weighted by Crippen LogP contribution is 2.30. The molecule has 21 heavy (non-hydrogen) atoms. The Kier molecular flexibility index (Phi) is 5.45. The van der Waals surface area contributed by atoms with Crippen LogP contribution in [0.5, 0.6) is 11.5 Å². The van der Waals surface area contributed by atoms with Crippen molar-refractivity contribution in [2.24, 2.45) is 0 Å². The van der Waals surface area contributed by atoms with Crippen molar-refractivity contribution in [3.8, 4) is 11.5 Å². The molecule has 0 bridgehead atoms. The number of rotatable bonds is 6. The number of aliphatic hydroxyl groups is 1. The number of β-amino-alcohol motifs (C(OH)–C–C–N with tert-alkyl or cyclic N) is 1. The van der Waals surface area contributed by atoms with Gasteiger partial charge in [-0.2, -0.15) is 0 Å². The van der Waals surface area contributed by atoms with E-state index in [1.807, 2.05) is 24.3 Å². The highest BCUT2D eigenvalue weighted by Gasteiger charge is 2.21. The van der Waals surface area contributed by atoms with E-state index in [1.165, 1.54) is 0 Å². The summed E-state index contributed by atoms with van der Waals surface area (Å²) < 4.78 is 16.9. The van der Waals surface area contributed by atoms with Gasteiger partial charge in [0, 0.05) is 12.1 Å². The lowest BCUT2D eigenvalue weighted by molar-refractivity contribution is -0.0221. The smallest absolute Gasteiger partial charge is 0.161 e. The first-order valence-corrected chi connectivity index (χ1v) is 7.33. The van der Waals surface area contributed by atoms with Crippen molar-refractivity contribution in [3.63, 3.8) is 0 Å². The van der Waals surface area contributed by atoms with E-state index in [0.29, 0.717) is 19.8 Å². The summed E-state index contributed by atoms with van der Waals surface area (Å²) in [4.78, 5) is 0. The Morgan fingerprint density at radius 2 is 2.05 bits per heavy atom. The first-order valence-electron chi connectivity index (χ1n) is 7.33. The van der Waals surface area contributed by atoms with Crippen LogP contribution >= 0.6 is 0 Å². The molecule has 1 aliphatic heterocycles. The minimum Gasteiger partial charge on any atom is -0.486 e. The zero-order valence-electron chi connectivity index (χ0n) is 13.0. The quantitative estimate of drug-likeness (QED) is 0.834. The molecular formula is C16H25NO4. The van der Waals surface area contributed by atoms with E-state index in [2.05, 4.69) is 26.1 Å². The summed E-state index contributed by atoms with van der Waals surface area (Å²) >= 11 is 0. The fourth-order valence-electron chi connectivity index (χ4n) is 1.96. The average molecular weight is 295 g/mol. The minimum atomic E-state index is -0.527. The van der Waals surface area contributed by atoms with Gasteiger partial charge in [-0.05, 0) is 32.9 Å². The summed E-state index contributed by atoms with van der Waals surface area (Å²) in [6, 6.07) is 7.59. The van der Waals surface area contributed by atoms with Gasteiger partial charge in [-0.25, -0.2) is 0 Å². The van der Waals surface area contributed by atoms with Crippen LogP contribution < -0.4 is 14.8 Å². The van der Waals surface area contributed by atoms with Crippen molar-refractivity contribution in [3.05, 3.63) is 24.3 Å². The van der Waals surface area contributed by atoms with Gasteiger partial charge in [0.1, 0.15) is 6.61 Å². The first kappa shape index (κ1) is 16.1. The van der Waals surface area contributed by atoms with Crippen molar-refractivity contribution in [2.45, 2.75) is 38.5 Å². The number of hydrogen-bond donors (Lipinski definition) is 2. The van der Waals surface area contributed by atoms with Gasteiger partial charge in [0.2, 0.25) is 0 Å². The van der Waals surface area contributed by atoms with Gasteiger partial charge in [-0.3, -0.25) is 0 Å². The monoisotopic (exact) mass is 295 g/mol. The summed E-state index contributed by atoms with van der Waals surface area (Å²) in [5.74, 6) is 1.51. The van der Waals surface area contributed by atoms with Crippen LogP contribution in [-0.2, 0) is 4.74 Å². The zero-order chi connectivity index (χ0) is 15.3. The number of ether oxygens (including phenoxy) is 3. The maximum Gasteiger partial charge on any atom is 0.161 e. The fraction of sp³-hybridized carbons (Fsp3) is 0.625. The van der Waals surface area contributed by atoms with Crippen LogP contribution in [0.3, 0.4) is 0 Å². The van der Waals surface area contributed by atoms with Crippen LogP contribution in [0.4, 0.5) is 0 Å². The van der Waals surface area contributed by atoms with Gasteiger partial charge >= 0.3 is 0 Å². The topological polar surface area (TPSA) is 60.0 Å². The lowest BCUT2D eigenvalue weighted by atomic mass is 10.1. The Labute approximate surface area is 126 Å². The molecule has 0 radical (unpaired) electrons. The third-order valence-corrected chi connectivity index (χ3v) is 3.05. The Morgan fingerprint density at radius 3 is 2.76 bits per heavy atom. The number of para-hydroxylation sites is 2. The zero-order valence-corrected chi connectivity index (χ0v) is 13.0. The SMILES string of the molecule is CC(C)(C)NC[C@H](O)COC[C@H]1COc2ccccc2O1. The highest BCUT2D eigenvalue weighted by atomic mass is 16.6. The van der Waals surface area contributed by atoms with E-state index >= 15 is 0 Å². The van der Waals surface area contributed by atoms with Crippen molar-refractivity contribution >= 4 is 0 Å². The van der Waals surface area contributed by atoms with Crippen molar-refractivity contribution in [1.82, 2.24) is 5.32 Å². The Hall–Kier alpha value is -1.30. The highest BCUT2D eigenvalue weighted by molar-refractivity contribution is 5.40. The maximum absolute atomic E-state index is 9.84. The molecule has 118 valence electrons. The van der Waals surface area contributed by atoms with E-state index in [1.54, 1.807) is 0 Å². The molecule has 1 heterocycles. The molecule has 0 fully saturated rings. The van der Waals surface area contributed by atoms with E-state index in [0.717, 1.165) is 11.5 Å². The van der Waals surface area contributed by atoms with Crippen molar-refractivity contribution in [2.75, 3.05) is 26.4 Å². The second-order valence-corrected chi connectivity index (χ2v) is 6.32.